The molecular weight excluding hydrogens is 388 g/mol. The second-order valence-corrected chi connectivity index (χ2v) is 6.78. The molecule has 0 atom stereocenters. The minimum absolute atomic E-state index is 0.0745. The Morgan fingerprint density at radius 3 is 2.72 bits per heavy atom. The van der Waals surface area contributed by atoms with Crippen LogP contribution in [-0.2, 0) is 24.3 Å². The number of carboxylic acid groups (broad SMARTS) is 1. The van der Waals surface area contributed by atoms with Gasteiger partial charge in [0.05, 0.1) is 0 Å². The van der Waals surface area contributed by atoms with Gasteiger partial charge in [0.15, 0.2) is 10.4 Å². The van der Waals surface area contributed by atoms with Gasteiger partial charge in [0.1, 0.15) is 6.54 Å². The van der Waals surface area contributed by atoms with Gasteiger partial charge in [-0.15, -0.1) is 0 Å². The largest absolute Gasteiger partial charge is 0.480 e. The number of rotatable bonds is 3. The van der Waals surface area contributed by atoms with E-state index in [1.54, 1.807) is 17.0 Å². The summed E-state index contributed by atoms with van der Waals surface area (Å²) in [6, 6.07) is 11.1. The van der Waals surface area contributed by atoms with Gasteiger partial charge in [0, 0.05) is 41.7 Å². The Hall–Kier alpha value is -2.54. The van der Waals surface area contributed by atoms with Crippen LogP contribution in [0.2, 0.25) is 0 Å². The van der Waals surface area contributed by atoms with E-state index in [1.807, 2.05) is 28.8 Å². The number of carbonyl (C=O) groups is 2. The van der Waals surface area contributed by atoms with Gasteiger partial charge in [-0.05, 0) is 34.1 Å². The molecule has 1 amide bonds. The van der Waals surface area contributed by atoms with Gasteiger partial charge in [-0.25, -0.2) is 0 Å². The summed E-state index contributed by atoms with van der Waals surface area (Å²) in [6.07, 6.45) is 0.616. The van der Waals surface area contributed by atoms with Gasteiger partial charge in [-0.2, -0.15) is 0 Å². The van der Waals surface area contributed by atoms with Gasteiger partial charge < -0.3 is 19.0 Å². The zero-order chi connectivity index (χ0) is 17.6. The number of hydrogen-bond acceptors (Lipinski definition) is 3. The Morgan fingerprint density at radius 2 is 2.00 bits per heavy atom. The molecule has 1 aliphatic heterocycles. The topological polar surface area (TPSA) is 75.7 Å². The maximum Gasteiger partial charge on any atom is 0.323 e. The number of aromatic nitrogens is 1. The SMILES string of the molecule is O=C(O)Cn1c2c(c3ccccc31)CN(C(=O)c1ccc(Br)o1)CC2. The number of halogens is 1. The van der Waals surface area contributed by atoms with Crippen molar-refractivity contribution in [3.8, 4) is 0 Å². The van der Waals surface area contributed by atoms with Crippen LogP contribution in [0.25, 0.3) is 10.9 Å². The van der Waals surface area contributed by atoms with E-state index in [4.69, 9.17) is 4.42 Å². The van der Waals surface area contributed by atoms with Crippen LogP contribution in [0.1, 0.15) is 21.8 Å². The Balaban J connectivity index is 1.73. The van der Waals surface area contributed by atoms with Crippen molar-refractivity contribution in [1.29, 1.82) is 0 Å². The summed E-state index contributed by atoms with van der Waals surface area (Å²) in [5.74, 6) is -0.737. The molecule has 6 nitrogen and oxygen atoms in total. The molecule has 0 aliphatic carbocycles. The molecule has 0 radical (unpaired) electrons. The zero-order valence-electron chi connectivity index (χ0n) is 13.2. The summed E-state index contributed by atoms with van der Waals surface area (Å²) in [5.41, 5.74) is 2.90. The van der Waals surface area contributed by atoms with E-state index in [1.165, 1.54) is 0 Å². The molecule has 0 spiro atoms. The van der Waals surface area contributed by atoms with Crippen LogP contribution in [0.15, 0.2) is 45.5 Å². The molecule has 0 saturated heterocycles. The number of benzene rings is 1. The second-order valence-electron chi connectivity index (χ2n) is 6.00. The molecule has 3 heterocycles. The Labute approximate surface area is 151 Å². The molecule has 25 heavy (non-hydrogen) atoms. The molecular formula is C18H15BrN2O4. The zero-order valence-corrected chi connectivity index (χ0v) is 14.8. The van der Waals surface area contributed by atoms with Gasteiger partial charge in [-0.1, -0.05) is 18.2 Å². The van der Waals surface area contributed by atoms with E-state index in [2.05, 4.69) is 15.9 Å². The average molecular weight is 403 g/mol. The number of carbonyl (C=O) groups excluding carboxylic acids is 1. The first-order chi connectivity index (χ1) is 12.0. The molecule has 1 N–H and O–H groups in total. The molecule has 0 unspecified atom stereocenters. The Morgan fingerprint density at radius 1 is 1.20 bits per heavy atom. The number of nitrogens with zero attached hydrogens (tertiary/aromatic N) is 2. The molecule has 0 bridgehead atoms. The number of aliphatic carboxylic acids is 1. The van der Waals surface area contributed by atoms with E-state index in [0.717, 1.165) is 22.2 Å². The minimum atomic E-state index is -0.873. The highest BCUT2D eigenvalue weighted by Gasteiger charge is 2.28. The summed E-state index contributed by atoms with van der Waals surface area (Å²) in [6.45, 7) is 0.897. The Bertz CT molecular complexity index is 988. The van der Waals surface area contributed by atoms with Crippen LogP contribution < -0.4 is 0 Å². The van der Waals surface area contributed by atoms with Crippen LogP contribution in [-0.4, -0.2) is 33.0 Å². The third kappa shape index (κ3) is 2.74. The number of para-hydroxylation sites is 1. The smallest absolute Gasteiger partial charge is 0.323 e. The highest BCUT2D eigenvalue weighted by Crippen LogP contribution is 2.31. The first-order valence-electron chi connectivity index (χ1n) is 7.90. The van der Waals surface area contributed by atoms with Crippen molar-refractivity contribution in [1.82, 2.24) is 9.47 Å². The fourth-order valence-electron chi connectivity index (χ4n) is 3.48. The molecule has 3 aromatic rings. The van der Waals surface area contributed by atoms with Crippen molar-refractivity contribution in [2.45, 2.75) is 19.5 Å². The monoisotopic (exact) mass is 402 g/mol. The van der Waals surface area contributed by atoms with E-state index >= 15 is 0 Å². The first-order valence-corrected chi connectivity index (χ1v) is 8.69. The minimum Gasteiger partial charge on any atom is -0.480 e. The van der Waals surface area contributed by atoms with E-state index < -0.39 is 5.97 Å². The number of furan rings is 1. The van der Waals surface area contributed by atoms with Crippen molar-refractivity contribution in [2.24, 2.45) is 0 Å². The number of fused-ring (bicyclic) bond motifs is 3. The fourth-order valence-corrected chi connectivity index (χ4v) is 3.78. The lowest BCUT2D eigenvalue weighted by Gasteiger charge is -2.27. The first kappa shape index (κ1) is 16.0. The van der Waals surface area contributed by atoms with Crippen LogP contribution in [0.4, 0.5) is 0 Å². The quantitative estimate of drug-likeness (QED) is 0.729. The van der Waals surface area contributed by atoms with Crippen molar-refractivity contribution < 1.29 is 19.1 Å². The third-order valence-corrected chi connectivity index (χ3v) is 4.95. The molecule has 2 aromatic heterocycles. The van der Waals surface area contributed by atoms with Crippen LogP contribution in [0, 0.1) is 0 Å². The molecule has 7 heteroatoms. The second kappa shape index (κ2) is 6.07. The molecule has 0 fully saturated rings. The highest BCUT2D eigenvalue weighted by molar-refractivity contribution is 9.10. The van der Waals surface area contributed by atoms with E-state index in [0.29, 0.717) is 29.9 Å². The lowest BCUT2D eigenvalue weighted by Crippen LogP contribution is -2.36. The lowest BCUT2D eigenvalue weighted by molar-refractivity contribution is -0.137. The molecule has 1 aromatic carbocycles. The molecule has 128 valence electrons. The standard InChI is InChI=1S/C18H15BrN2O4/c19-16-6-5-15(25-16)18(24)20-8-7-14-12(9-20)11-3-1-2-4-13(11)21(14)10-17(22)23/h1-6H,7-10H2,(H,22,23). The predicted octanol–water partition coefficient (Wildman–Crippen LogP) is 3.28. The van der Waals surface area contributed by atoms with Crippen LogP contribution >= 0.6 is 15.9 Å². The fraction of sp³-hybridized carbons (Fsp3) is 0.222. The number of hydrogen-bond donors (Lipinski definition) is 1. The van der Waals surface area contributed by atoms with Gasteiger partial charge >= 0.3 is 5.97 Å². The average Bonchev–Trinajstić information content (AvgIpc) is 3.16. The summed E-state index contributed by atoms with van der Waals surface area (Å²) in [5, 5.41) is 10.2. The van der Waals surface area contributed by atoms with Crippen molar-refractivity contribution in [3.63, 3.8) is 0 Å². The van der Waals surface area contributed by atoms with Gasteiger partial charge in [-0.3, -0.25) is 9.59 Å². The normalized spacial score (nSPS) is 13.9. The maximum atomic E-state index is 12.7. The summed E-state index contributed by atoms with van der Waals surface area (Å²) >= 11 is 3.21. The van der Waals surface area contributed by atoms with E-state index in [9.17, 15) is 14.7 Å². The Kier molecular flexibility index (Phi) is 3.88. The van der Waals surface area contributed by atoms with Crippen LogP contribution in [0.5, 0.6) is 0 Å². The van der Waals surface area contributed by atoms with E-state index in [-0.39, 0.29) is 12.5 Å². The maximum absolute atomic E-state index is 12.7. The van der Waals surface area contributed by atoms with Crippen LogP contribution in [0.3, 0.4) is 0 Å². The number of carboxylic acids is 1. The lowest BCUT2D eigenvalue weighted by atomic mass is 10.0. The summed E-state index contributed by atoms with van der Waals surface area (Å²) in [7, 11) is 0. The highest BCUT2D eigenvalue weighted by atomic mass is 79.9. The summed E-state index contributed by atoms with van der Waals surface area (Å²) in [4.78, 5) is 25.6. The predicted molar refractivity (Wildman–Crippen MR) is 94.4 cm³/mol. The third-order valence-electron chi connectivity index (χ3n) is 4.53. The van der Waals surface area contributed by atoms with Crippen molar-refractivity contribution in [3.05, 3.63) is 58.1 Å². The van der Waals surface area contributed by atoms with Gasteiger partial charge in [0.25, 0.3) is 5.91 Å². The molecule has 4 rings (SSSR count). The number of amides is 1. The molecule has 0 saturated carbocycles. The van der Waals surface area contributed by atoms with Gasteiger partial charge in [0.2, 0.25) is 0 Å². The van der Waals surface area contributed by atoms with Crippen molar-refractivity contribution in [2.75, 3.05) is 6.54 Å². The molecule has 1 aliphatic rings. The summed E-state index contributed by atoms with van der Waals surface area (Å²) < 4.78 is 7.74. The van der Waals surface area contributed by atoms with Crippen molar-refractivity contribution >= 4 is 38.7 Å².